The van der Waals surface area contributed by atoms with Gasteiger partial charge in [0.25, 0.3) is 0 Å². The fraction of sp³-hybridized carbons (Fsp3) is 0.368. The molecule has 4 rings (SSSR count). The summed E-state index contributed by atoms with van der Waals surface area (Å²) in [6.07, 6.45) is 2.83. The Morgan fingerprint density at radius 3 is 2.76 bits per heavy atom. The lowest BCUT2D eigenvalue weighted by molar-refractivity contribution is 0.285. The van der Waals surface area contributed by atoms with Crippen LogP contribution in [0, 0.1) is 0 Å². The number of anilines is 1. The fourth-order valence-electron chi connectivity index (χ4n) is 3.33. The zero-order chi connectivity index (χ0) is 17.1. The first-order valence-corrected chi connectivity index (χ1v) is 9.50. The lowest BCUT2D eigenvalue weighted by Gasteiger charge is -2.23. The second kappa shape index (κ2) is 7.37. The highest BCUT2D eigenvalue weighted by atomic mass is 32.1. The van der Waals surface area contributed by atoms with Gasteiger partial charge in [-0.1, -0.05) is 12.1 Å². The molecule has 1 aromatic carbocycles. The molecule has 5 nitrogen and oxygen atoms in total. The van der Waals surface area contributed by atoms with E-state index in [2.05, 4.69) is 43.3 Å². The minimum absolute atomic E-state index is 0.912. The predicted molar refractivity (Wildman–Crippen MR) is 103 cm³/mol. The molecule has 0 N–H and O–H groups in total. The van der Waals surface area contributed by atoms with E-state index in [9.17, 15) is 0 Å². The van der Waals surface area contributed by atoms with E-state index in [0.717, 1.165) is 56.2 Å². The van der Waals surface area contributed by atoms with Gasteiger partial charge in [-0.15, -0.1) is 11.3 Å². The molecule has 1 saturated heterocycles. The summed E-state index contributed by atoms with van der Waals surface area (Å²) in [5.74, 6) is 2.00. The standard InChI is InChI=1S/C19H22N4OS/c1-24-16-5-3-15(4-6-16)13-22-8-2-9-23(11-10-22)19-18-17(7-12-25-18)20-14-21-19/h3-7,12,14H,2,8-11,13H2,1H3. The Morgan fingerprint density at radius 1 is 1.04 bits per heavy atom. The zero-order valence-corrected chi connectivity index (χ0v) is 15.2. The summed E-state index contributed by atoms with van der Waals surface area (Å²) in [6.45, 7) is 5.18. The third-order valence-corrected chi connectivity index (χ3v) is 5.58. The Morgan fingerprint density at radius 2 is 1.92 bits per heavy atom. The van der Waals surface area contributed by atoms with Crippen LogP contribution >= 0.6 is 11.3 Å². The highest BCUT2D eigenvalue weighted by Crippen LogP contribution is 2.28. The number of thiophene rings is 1. The Balaban J connectivity index is 1.44. The molecule has 1 fully saturated rings. The molecule has 0 bridgehead atoms. The van der Waals surface area contributed by atoms with E-state index in [1.54, 1.807) is 24.8 Å². The monoisotopic (exact) mass is 354 g/mol. The van der Waals surface area contributed by atoms with E-state index in [-0.39, 0.29) is 0 Å². The summed E-state index contributed by atoms with van der Waals surface area (Å²) in [6, 6.07) is 10.4. The van der Waals surface area contributed by atoms with Gasteiger partial charge in [-0.05, 0) is 35.6 Å². The topological polar surface area (TPSA) is 41.5 Å². The van der Waals surface area contributed by atoms with Crippen molar-refractivity contribution in [3.63, 3.8) is 0 Å². The number of nitrogens with zero attached hydrogens (tertiary/aromatic N) is 4. The second-order valence-electron chi connectivity index (χ2n) is 6.30. The highest BCUT2D eigenvalue weighted by Gasteiger charge is 2.18. The molecule has 6 heteroatoms. The molecule has 3 heterocycles. The Labute approximate surface area is 151 Å². The van der Waals surface area contributed by atoms with Gasteiger partial charge in [0, 0.05) is 32.7 Å². The van der Waals surface area contributed by atoms with Gasteiger partial charge in [0.15, 0.2) is 0 Å². The molecular weight excluding hydrogens is 332 g/mol. The molecule has 1 aliphatic heterocycles. The van der Waals surface area contributed by atoms with Gasteiger partial charge < -0.3 is 9.64 Å². The number of hydrogen-bond acceptors (Lipinski definition) is 6. The van der Waals surface area contributed by atoms with Gasteiger partial charge in [0.1, 0.15) is 17.9 Å². The quantitative estimate of drug-likeness (QED) is 0.718. The lowest BCUT2D eigenvalue weighted by atomic mass is 10.2. The number of benzene rings is 1. The number of rotatable bonds is 4. The maximum absolute atomic E-state index is 5.24. The maximum atomic E-state index is 5.24. The summed E-state index contributed by atoms with van der Waals surface area (Å²) in [7, 11) is 1.70. The molecule has 0 amide bonds. The molecule has 25 heavy (non-hydrogen) atoms. The molecule has 0 aliphatic carbocycles. The van der Waals surface area contributed by atoms with Crippen molar-refractivity contribution in [2.45, 2.75) is 13.0 Å². The van der Waals surface area contributed by atoms with Gasteiger partial charge in [0.2, 0.25) is 0 Å². The van der Waals surface area contributed by atoms with E-state index in [4.69, 9.17) is 4.74 Å². The first-order chi connectivity index (χ1) is 12.3. The van der Waals surface area contributed by atoms with Crippen LogP contribution in [0.2, 0.25) is 0 Å². The average Bonchev–Trinajstić information content (AvgIpc) is 3.02. The minimum Gasteiger partial charge on any atom is -0.497 e. The van der Waals surface area contributed by atoms with Crippen LogP contribution in [0.3, 0.4) is 0 Å². The summed E-state index contributed by atoms with van der Waals surface area (Å²) in [5.41, 5.74) is 2.38. The third-order valence-electron chi connectivity index (χ3n) is 4.68. The van der Waals surface area contributed by atoms with Crippen molar-refractivity contribution in [2.75, 3.05) is 38.2 Å². The van der Waals surface area contributed by atoms with Crippen LogP contribution in [-0.4, -0.2) is 48.2 Å². The summed E-state index contributed by atoms with van der Waals surface area (Å²) in [4.78, 5) is 13.9. The first kappa shape index (κ1) is 16.3. The van der Waals surface area contributed by atoms with Gasteiger partial charge in [-0.3, -0.25) is 4.90 Å². The lowest BCUT2D eigenvalue weighted by Crippen LogP contribution is -2.31. The van der Waals surface area contributed by atoms with E-state index in [1.165, 1.54) is 10.3 Å². The molecule has 3 aromatic rings. The number of methoxy groups -OCH3 is 1. The second-order valence-corrected chi connectivity index (χ2v) is 7.21. The van der Waals surface area contributed by atoms with Crippen LogP contribution < -0.4 is 9.64 Å². The molecular formula is C19H22N4OS. The molecule has 1 aliphatic rings. The number of fused-ring (bicyclic) bond motifs is 1. The fourth-order valence-corrected chi connectivity index (χ4v) is 4.19. The molecule has 0 spiro atoms. The molecule has 0 unspecified atom stereocenters. The zero-order valence-electron chi connectivity index (χ0n) is 14.4. The number of ether oxygens (including phenoxy) is 1. The van der Waals surface area contributed by atoms with Crippen LogP contribution in [0.1, 0.15) is 12.0 Å². The molecule has 2 aromatic heterocycles. The van der Waals surface area contributed by atoms with E-state index >= 15 is 0 Å². The van der Waals surface area contributed by atoms with Gasteiger partial charge >= 0.3 is 0 Å². The normalized spacial score (nSPS) is 16.1. The Hall–Kier alpha value is -2.18. The summed E-state index contributed by atoms with van der Waals surface area (Å²) in [5, 5.41) is 2.09. The van der Waals surface area contributed by atoms with E-state index < -0.39 is 0 Å². The third kappa shape index (κ3) is 3.60. The first-order valence-electron chi connectivity index (χ1n) is 8.62. The maximum Gasteiger partial charge on any atom is 0.150 e. The summed E-state index contributed by atoms with van der Waals surface area (Å²) >= 11 is 1.73. The van der Waals surface area contributed by atoms with Gasteiger partial charge in [0.05, 0.1) is 17.3 Å². The van der Waals surface area contributed by atoms with Crippen molar-refractivity contribution in [1.29, 1.82) is 0 Å². The largest absolute Gasteiger partial charge is 0.497 e. The van der Waals surface area contributed by atoms with Crippen LogP contribution in [0.15, 0.2) is 42.0 Å². The molecule has 130 valence electrons. The smallest absolute Gasteiger partial charge is 0.150 e. The Bertz CT molecular complexity index is 833. The van der Waals surface area contributed by atoms with Crippen molar-refractivity contribution in [3.8, 4) is 5.75 Å². The van der Waals surface area contributed by atoms with Crippen LogP contribution in [0.25, 0.3) is 10.2 Å². The Kier molecular flexibility index (Phi) is 4.81. The van der Waals surface area contributed by atoms with Gasteiger partial charge in [-0.2, -0.15) is 0 Å². The van der Waals surface area contributed by atoms with Crippen LogP contribution in [0.4, 0.5) is 5.82 Å². The van der Waals surface area contributed by atoms with Crippen molar-refractivity contribution >= 4 is 27.4 Å². The summed E-state index contributed by atoms with van der Waals surface area (Å²) < 4.78 is 6.44. The number of aromatic nitrogens is 2. The minimum atomic E-state index is 0.912. The number of hydrogen-bond donors (Lipinski definition) is 0. The molecule has 0 saturated carbocycles. The highest BCUT2D eigenvalue weighted by molar-refractivity contribution is 7.17. The van der Waals surface area contributed by atoms with E-state index in [0.29, 0.717) is 0 Å². The van der Waals surface area contributed by atoms with Crippen molar-refractivity contribution in [2.24, 2.45) is 0 Å². The SMILES string of the molecule is COc1ccc(CN2CCCN(c3ncnc4ccsc34)CC2)cc1. The average molecular weight is 354 g/mol. The van der Waals surface area contributed by atoms with Crippen LogP contribution in [-0.2, 0) is 6.54 Å². The van der Waals surface area contributed by atoms with Crippen molar-refractivity contribution < 1.29 is 4.74 Å². The molecule has 0 radical (unpaired) electrons. The van der Waals surface area contributed by atoms with Crippen LogP contribution in [0.5, 0.6) is 5.75 Å². The van der Waals surface area contributed by atoms with E-state index in [1.807, 2.05) is 12.1 Å². The van der Waals surface area contributed by atoms with Gasteiger partial charge in [-0.25, -0.2) is 9.97 Å². The predicted octanol–water partition coefficient (Wildman–Crippen LogP) is 3.41. The molecule has 0 atom stereocenters. The van der Waals surface area contributed by atoms with Crippen molar-refractivity contribution in [3.05, 3.63) is 47.6 Å². The van der Waals surface area contributed by atoms with Crippen molar-refractivity contribution in [1.82, 2.24) is 14.9 Å².